The molecular weight excluding hydrogens is 332 g/mol. The Hall–Kier alpha value is -1.07. The van der Waals surface area contributed by atoms with Gasteiger partial charge >= 0.3 is 6.03 Å². The molecule has 3 rings (SSSR count). The van der Waals surface area contributed by atoms with Crippen molar-refractivity contribution in [3.05, 3.63) is 33.3 Å². The number of imide groups is 1. The van der Waals surface area contributed by atoms with Crippen molar-refractivity contribution >= 4 is 39.5 Å². The van der Waals surface area contributed by atoms with Gasteiger partial charge in [0.25, 0.3) is 5.91 Å². The van der Waals surface area contributed by atoms with E-state index in [4.69, 9.17) is 11.6 Å². The summed E-state index contributed by atoms with van der Waals surface area (Å²) in [4.78, 5) is 27.1. The van der Waals surface area contributed by atoms with Crippen LogP contribution in [0, 0.1) is 0 Å². The number of benzene rings is 1. The largest absolute Gasteiger partial charge is 0.327 e. The predicted octanol–water partition coefficient (Wildman–Crippen LogP) is 3.03. The van der Waals surface area contributed by atoms with Crippen LogP contribution in [0.2, 0.25) is 5.02 Å². The summed E-state index contributed by atoms with van der Waals surface area (Å²) in [7, 11) is 0. The van der Waals surface area contributed by atoms with Crippen LogP contribution in [-0.2, 0) is 11.3 Å². The van der Waals surface area contributed by atoms with Crippen molar-refractivity contribution in [1.82, 2.24) is 9.80 Å². The van der Waals surface area contributed by atoms with Crippen LogP contribution in [0.25, 0.3) is 0 Å². The molecule has 1 aliphatic carbocycles. The van der Waals surface area contributed by atoms with E-state index in [-0.39, 0.29) is 24.5 Å². The minimum absolute atomic E-state index is 0.126. The fourth-order valence-electron chi connectivity index (χ4n) is 2.21. The molecule has 2 fully saturated rings. The Labute approximate surface area is 124 Å². The molecule has 1 saturated heterocycles. The van der Waals surface area contributed by atoms with Gasteiger partial charge < -0.3 is 4.90 Å². The van der Waals surface area contributed by atoms with Crippen molar-refractivity contribution in [1.29, 1.82) is 0 Å². The summed E-state index contributed by atoms with van der Waals surface area (Å²) in [6.07, 6.45) is 2.02. The number of hydrogen-bond acceptors (Lipinski definition) is 2. The Morgan fingerprint density at radius 3 is 2.68 bits per heavy atom. The van der Waals surface area contributed by atoms with Gasteiger partial charge in [0.2, 0.25) is 0 Å². The summed E-state index contributed by atoms with van der Waals surface area (Å²) in [5.41, 5.74) is 0.878. The summed E-state index contributed by atoms with van der Waals surface area (Å²) < 4.78 is 0.811. The zero-order valence-electron chi connectivity index (χ0n) is 10.1. The van der Waals surface area contributed by atoms with E-state index in [1.807, 2.05) is 6.07 Å². The van der Waals surface area contributed by atoms with Gasteiger partial charge in [-0.15, -0.1) is 0 Å². The molecule has 6 heteroatoms. The Morgan fingerprint density at radius 2 is 2.05 bits per heavy atom. The second kappa shape index (κ2) is 4.80. The average molecular weight is 344 g/mol. The van der Waals surface area contributed by atoms with Gasteiger partial charge in [-0.05, 0) is 30.5 Å². The van der Waals surface area contributed by atoms with E-state index in [2.05, 4.69) is 15.9 Å². The molecule has 1 heterocycles. The molecule has 0 radical (unpaired) electrons. The normalized spacial score (nSPS) is 19.5. The number of rotatable bonds is 3. The van der Waals surface area contributed by atoms with E-state index in [1.165, 1.54) is 4.90 Å². The van der Waals surface area contributed by atoms with Crippen LogP contribution in [0.1, 0.15) is 18.4 Å². The van der Waals surface area contributed by atoms with Crippen LogP contribution >= 0.6 is 27.5 Å². The molecule has 1 saturated carbocycles. The minimum atomic E-state index is -0.172. The summed E-state index contributed by atoms with van der Waals surface area (Å²) >= 11 is 9.28. The summed E-state index contributed by atoms with van der Waals surface area (Å²) in [6.45, 7) is 0.507. The lowest BCUT2D eigenvalue weighted by Gasteiger charge is -2.17. The van der Waals surface area contributed by atoms with Crippen LogP contribution in [0.5, 0.6) is 0 Å². The molecule has 1 aromatic rings. The number of nitrogens with zero attached hydrogens (tertiary/aromatic N) is 2. The van der Waals surface area contributed by atoms with Crippen molar-refractivity contribution in [2.24, 2.45) is 0 Å². The van der Waals surface area contributed by atoms with Gasteiger partial charge in [-0.1, -0.05) is 33.6 Å². The first-order valence-corrected chi connectivity index (χ1v) is 7.28. The van der Waals surface area contributed by atoms with E-state index in [0.717, 1.165) is 22.9 Å². The Balaban J connectivity index is 1.78. The lowest BCUT2D eigenvalue weighted by Crippen LogP contribution is -2.33. The highest BCUT2D eigenvalue weighted by Gasteiger charge is 2.43. The van der Waals surface area contributed by atoms with Gasteiger partial charge in [0.05, 0.1) is 6.54 Å². The molecule has 1 aromatic carbocycles. The van der Waals surface area contributed by atoms with Crippen molar-refractivity contribution in [3.63, 3.8) is 0 Å². The lowest BCUT2D eigenvalue weighted by molar-refractivity contribution is -0.125. The third kappa shape index (κ3) is 2.49. The van der Waals surface area contributed by atoms with Crippen molar-refractivity contribution in [3.8, 4) is 0 Å². The molecule has 0 atom stereocenters. The standard InChI is InChI=1S/C13H12BrClN2O2/c14-11-5-9(15)2-1-8(11)6-17-12(18)7-16(13(17)19)10-3-4-10/h1-2,5,10H,3-4,6-7H2. The minimum Gasteiger partial charge on any atom is -0.312 e. The molecule has 0 bridgehead atoms. The predicted molar refractivity (Wildman–Crippen MR) is 74.8 cm³/mol. The second-order valence-electron chi connectivity index (χ2n) is 4.86. The summed E-state index contributed by atoms with van der Waals surface area (Å²) in [5.74, 6) is -0.126. The third-order valence-corrected chi connectivity index (χ3v) is 4.39. The van der Waals surface area contributed by atoms with Crippen LogP contribution in [-0.4, -0.2) is 34.3 Å². The molecule has 3 amide bonds. The maximum Gasteiger partial charge on any atom is 0.327 e. The van der Waals surface area contributed by atoms with Crippen LogP contribution in [0.4, 0.5) is 4.79 Å². The van der Waals surface area contributed by atoms with Crippen LogP contribution in [0.3, 0.4) is 0 Å². The fourth-order valence-corrected chi connectivity index (χ4v) is 3.02. The maximum absolute atomic E-state index is 12.2. The number of hydrogen-bond donors (Lipinski definition) is 0. The van der Waals surface area contributed by atoms with E-state index >= 15 is 0 Å². The Morgan fingerprint density at radius 1 is 1.32 bits per heavy atom. The van der Waals surface area contributed by atoms with E-state index < -0.39 is 0 Å². The van der Waals surface area contributed by atoms with Crippen LogP contribution < -0.4 is 0 Å². The first-order chi connectivity index (χ1) is 9.06. The number of urea groups is 1. The van der Waals surface area contributed by atoms with Crippen molar-refractivity contribution in [2.75, 3.05) is 6.54 Å². The van der Waals surface area contributed by atoms with Gasteiger partial charge in [-0.3, -0.25) is 9.69 Å². The van der Waals surface area contributed by atoms with E-state index in [0.29, 0.717) is 11.6 Å². The highest BCUT2D eigenvalue weighted by Crippen LogP contribution is 2.31. The molecular formula is C13H12BrClN2O2. The lowest BCUT2D eigenvalue weighted by atomic mass is 10.2. The molecule has 1 aliphatic heterocycles. The maximum atomic E-state index is 12.2. The molecule has 2 aliphatic rings. The molecule has 19 heavy (non-hydrogen) atoms. The number of amides is 3. The smallest absolute Gasteiger partial charge is 0.312 e. The van der Waals surface area contributed by atoms with Gasteiger partial charge in [-0.25, -0.2) is 4.79 Å². The van der Waals surface area contributed by atoms with Crippen molar-refractivity contribution in [2.45, 2.75) is 25.4 Å². The number of carbonyl (C=O) groups is 2. The molecule has 4 nitrogen and oxygen atoms in total. The summed E-state index contributed by atoms with van der Waals surface area (Å²) in [6, 6.07) is 5.45. The van der Waals surface area contributed by atoms with Crippen LogP contribution in [0.15, 0.2) is 22.7 Å². The second-order valence-corrected chi connectivity index (χ2v) is 6.15. The monoisotopic (exact) mass is 342 g/mol. The zero-order chi connectivity index (χ0) is 13.6. The molecule has 0 unspecified atom stereocenters. The van der Waals surface area contributed by atoms with Gasteiger partial charge in [0.1, 0.15) is 6.54 Å². The highest BCUT2D eigenvalue weighted by atomic mass is 79.9. The van der Waals surface area contributed by atoms with E-state index in [1.54, 1.807) is 17.0 Å². The first-order valence-electron chi connectivity index (χ1n) is 6.11. The molecule has 0 N–H and O–H groups in total. The quantitative estimate of drug-likeness (QED) is 0.792. The molecule has 100 valence electrons. The number of carbonyl (C=O) groups excluding carboxylic acids is 2. The Kier molecular flexibility index (Phi) is 3.27. The number of halogens is 2. The third-order valence-electron chi connectivity index (χ3n) is 3.41. The summed E-state index contributed by atoms with van der Waals surface area (Å²) in [5, 5.41) is 0.620. The average Bonchev–Trinajstić information content (AvgIpc) is 3.14. The SMILES string of the molecule is O=C1CN(C2CC2)C(=O)N1Cc1ccc(Cl)cc1Br. The van der Waals surface area contributed by atoms with Gasteiger partial charge in [0, 0.05) is 15.5 Å². The van der Waals surface area contributed by atoms with Crippen molar-refractivity contribution < 1.29 is 9.59 Å². The zero-order valence-corrected chi connectivity index (χ0v) is 12.4. The molecule has 0 spiro atoms. The van der Waals surface area contributed by atoms with E-state index in [9.17, 15) is 9.59 Å². The fraction of sp³-hybridized carbons (Fsp3) is 0.385. The van der Waals surface area contributed by atoms with Gasteiger partial charge in [-0.2, -0.15) is 0 Å². The topological polar surface area (TPSA) is 40.6 Å². The van der Waals surface area contributed by atoms with Gasteiger partial charge in [0.15, 0.2) is 0 Å². The highest BCUT2D eigenvalue weighted by molar-refractivity contribution is 9.10. The Bertz CT molecular complexity index is 560. The first kappa shape index (κ1) is 12.9. The molecule has 0 aromatic heterocycles.